The summed E-state index contributed by atoms with van der Waals surface area (Å²) in [5.74, 6) is -2.58. The number of amides is 2. The Morgan fingerprint density at radius 3 is 2.48 bits per heavy atom. The van der Waals surface area contributed by atoms with Crippen molar-refractivity contribution >= 4 is 22.7 Å². The number of rotatable bonds is 5. The summed E-state index contributed by atoms with van der Waals surface area (Å²) in [5, 5.41) is 12.1. The molecule has 0 fully saturated rings. The van der Waals surface area contributed by atoms with Gasteiger partial charge in [0.15, 0.2) is 5.69 Å². The molecule has 0 aliphatic heterocycles. The van der Waals surface area contributed by atoms with E-state index in [2.05, 4.69) is 20.8 Å². The van der Waals surface area contributed by atoms with Crippen LogP contribution in [0.25, 0.3) is 10.9 Å². The maximum atomic E-state index is 13.5. The van der Waals surface area contributed by atoms with Crippen LogP contribution >= 0.6 is 0 Å². The highest BCUT2D eigenvalue weighted by molar-refractivity contribution is 6.05. The Labute approximate surface area is 141 Å². The Kier molecular flexibility index (Phi) is 4.69. The fourth-order valence-electron chi connectivity index (χ4n) is 2.33. The van der Waals surface area contributed by atoms with E-state index in [0.29, 0.717) is 10.9 Å². The van der Waals surface area contributed by atoms with E-state index in [1.54, 1.807) is 24.3 Å². The highest BCUT2D eigenvalue weighted by Gasteiger charge is 2.15. The van der Waals surface area contributed by atoms with E-state index in [-0.39, 0.29) is 24.3 Å². The molecule has 128 valence electrons. The highest BCUT2D eigenvalue weighted by Crippen LogP contribution is 2.14. The Hall–Kier alpha value is -3.29. The summed E-state index contributed by atoms with van der Waals surface area (Å²) in [6.07, 6.45) is 0. The van der Waals surface area contributed by atoms with Gasteiger partial charge in [-0.2, -0.15) is 5.10 Å². The molecule has 0 spiro atoms. The summed E-state index contributed by atoms with van der Waals surface area (Å²) >= 11 is 0. The fraction of sp³-hybridized carbons (Fsp3) is 0.118. The van der Waals surface area contributed by atoms with E-state index in [1.165, 1.54) is 6.07 Å². The number of para-hydroxylation sites is 1. The van der Waals surface area contributed by atoms with Crippen LogP contribution < -0.4 is 10.6 Å². The number of fused-ring (bicyclic) bond motifs is 1. The summed E-state index contributed by atoms with van der Waals surface area (Å²) in [7, 11) is 0. The van der Waals surface area contributed by atoms with Crippen molar-refractivity contribution in [1.82, 2.24) is 20.8 Å². The number of benzene rings is 2. The minimum absolute atomic E-state index is 0.170. The number of halogens is 2. The van der Waals surface area contributed by atoms with Crippen LogP contribution in [0.3, 0.4) is 0 Å². The Balaban J connectivity index is 1.56. The van der Waals surface area contributed by atoms with Crippen molar-refractivity contribution in [3.63, 3.8) is 0 Å². The van der Waals surface area contributed by atoms with Crippen molar-refractivity contribution in [3.05, 3.63) is 65.4 Å². The van der Waals surface area contributed by atoms with E-state index in [1.807, 2.05) is 0 Å². The van der Waals surface area contributed by atoms with Gasteiger partial charge in [-0.05, 0) is 18.2 Å². The summed E-state index contributed by atoms with van der Waals surface area (Å²) < 4.78 is 27.0. The topological polar surface area (TPSA) is 86.9 Å². The zero-order chi connectivity index (χ0) is 17.8. The molecule has 0 radical (unpaired) electrons. The van der Waals surface area contributed by atoms with Crippen molar-refractivity contribution < 1.29 is 18.4 Å². The second-order valence-electron chi connectivity index (χ2n) is 5.28. The molecule has 0 unspecified atom stereocenters. The molecule has 1 aromatic heterocycles. The Morgan fingerprint density at radius 1 is 1.00 bits per heavy atom. The maximum Gasteiger partial charge on any atom is 0.272 e. The number of nitrogens with one attached hydrogen (secondary N) is 3. The van der Waals surface area contributed by atoms with Crippen molar-refractivity contribution in [3.8, 4) is 0 Å². The number of carbonyl (C=O) groups is 2. The lowest BCUT2D eigenvalue weighted by Gasteiger charge is -2.08. The van der Waals surface area contributed by atoms with Gasteiger partial charge in [0.05, 0.1) is 12.1 Å². The van der Waals surface area contributed by atoms with Crippen molar-refractivity contribution in [1.29, 1.82) is 0 Å². The molecule has 8 heteroatoms. The summed E-state index contributed by atoms with van der Waals surface area (Å²) in [4.78, 5) is 23.9. The smallest absolute Gasteiger partial charge is 0.272 e. The molecular weight excluding hydrogens is 330 g/mol. The van der Waals surface area contributed by atoms with Gasteiger partial charge in [0.25, 0.3) is 5.91 Å². The number of nitrogens with zero attached hydrogens (tertiary/aromatic N) is 1. The number of hydrogen-bond acceptors (Lipinski definition) is 3. The van der Waals surface area contributed by atoms with Crippen LogP contribution in [0.2, 0.25) is 0 Å². The summed E-state index contributed by atoms with van der Waals surface area (Å²) in [6.45, 7) is -0.644. The van der Waals surface area contributed by atoms with Gasteiger partial charge < -0.3 is 10.6 Å². The molecule has 6 nitrogen and oxygen atoms in total. The average Bonchev–Trinajstić information content (AvgIpc) is 3.03. The first kappa shape index (κ1) is 16.6. The van der Waals surface area contributed by atoms with Gasteiger partial charge >= 0.3 is 0 Å². The average molecular weight is 344 g/mol. The lowest BCUT2D eigenvalue weighted by Crippen LogP contribution is -2.37. The number of H-pyrrole nitrogens is 1. The van der Waals surface area contributed by atoms with E-state index in [9.17, 15) is 18.4 Å². The number of aromatic amines is 1. The van der Waals surface area contributed by atoms with Gasteiger partial charge in [0, 0.05) is 17.5 Å². The minimum atomic E-state index is -0.743. The molecule has 0 saturated heterocycles. The maximum absolute atomic E-state index is 13.5. The van der Waals surface area contributed by atoms with Gasteiger partial charge in [-0.3, -0.25) is 14.7 Å². The van der Waals surface area contributed by atoms with Crippen LogP contribution in [-0.2, 0) is 11.3 Å². The van der Waals surface area contributed by atoms with E-state index < -0.39 is 23.4 Å². The van der Waals surface area contributed by atoms with Crippen molar-refractivity contribution in [2.45, 2.75) is 6.54 Å². The predicted octanol–water partition coefficient (Wildman–Crippen LogP) is 1.89. The quantitative estimate of drug-likeness (QED) is 0.660. The molecular formula is C17H14F2N4O2. The van der Waals surface area contributed by atoms with Crippen LogP contribution in [0.15, 0.2) is 42.5 Å². The Bertz CT molecular complexity index is 919. The van der Waals surface area contributed by atoms with Crippen LogP contribution in [-0.4, -0.2) is 28.6 Å². The van der Waals surface area contributed by atoms with Crippen molar-refractivity contribution in [2.75, 3.05) is 6.54 Å². The molecule has 0 aliphatic rings. The van der Waals surface area contributed by atoms with Crippen LogP contribution in [0.5, 0.6) is 0 Å². The zero-order valence-corrected chi connectivity index (χ0v) is 13.0. The molecule has 0 saturated carbocycles. The molecule has 1 heterocycles. The Morgan fingerprint density at radius 2 is 1.72 bits per heavy atom. The molecule has 25 heavy (non-hydrogen) atoms. The van der Waals surface area contributed by atoms with Gasteiger partial charge in [-0.1, -0.05) is 24.3 Å². The third-order valence-electron chi connectivity index (χ3n) is 3.62. The molecule has 2 aromatic carbocycles. The lowest BCUT2D eigenvalue weighted by atomic mass is 10.2. The third kappa shape index (κ3) is 3.63. The van der Waals surface area contributed by atoms with E-state index in [0.717, 1.165) is 12.1 Å². The summed E-state index contributed by atoms with van der Waals surface area (Å²) in [5.41, 5.74) is 0.635. The first-order valence-corrected chi connectivity index (χ1v) is 7.47. The van der Waals surface area contributed by atoms with Crippen molar-refractivity contribution in [2.24, 2.45) is 0 Å². The molecule has 3 rings (SSSR count). The monoisotopic (exact) mass is 344 g/mol. The van der Waals surface area contributed by atoms with Gasteiger partial charge in [-0.15, -0.1) is 0 Å². The van der Waals surface area contributed by atoms with Crippen LogP contribution in [0.1, 0.15) is 16.1 Å². The third-order valence-corrected chi connectivity index (χ3v) is 3.62. The van der Waals surface area contributed by atoms with Gasteiger partial charge in [0.2, 0.25) is 5.91 Å². The van der Waals surface area contributed by atoms with Crippen LogP contribution in [0, 0.1) is 11.6 Å². The first-order valence-electron chi connectivity index (χ1n) is 7.47. The molecule has 3 N–H and O–H groups in total. The molecule has 0 bridgehead atoms. The predicted molar refractivity (Wildman–Crippen MR) is 86.6 cm³/mol. The molecule has 3 aromatic rings. The zero-order valence-electron chi connectivity index (χ0n) is 13.0. The van der Waals surface area contributed by atoms with E-state index >= 15 is 0 Å². The second-order valence-corrected chi connectivity index (χ2v) is 5.28. The fourth-order valence-corrected chi connectivity index (χ4v) is 2.33. The second kappa shape index (κ2) is 7.08. The number of aromatic nitrogens is 2. The number of hydrogen-bond donors (Lipinski definition) is 3. The van der Waals surface area contributed by atoms with Crippen LogP contribution in [0.4, 0.5) is 8.78 Å². The summed E-state index contributed by atoms with van der Waals surface area (Å²) in [6, 6.07) is 10.5. The van der Waals surface area contributed by atoms with Gasteiger partial charge in [0.1, 0.15) is 11.6 Å². The normalized spacial score (nSPS) is 10.6. The first-order chi connectivity index (χ1) is 12.1. The minimum Gasteiger partial charge on any atom is -0.350 e. The largest absolute Gasteiger partial charge is 0.350 e. The highest BCUT2D eigenvalue weighted by atomic mass is 19.1. The number of carbonyl (C=O) groups excluding carboxylic acids is 2. The SMILES string of the molecule is O=C(CNC(=O)c1n[nH]c2ccccc12)NCc1c(F)cccc1F. The van der Waals surface area contributed by atoms with E-state index in [4.69, 9.17) is 0 Å². The molecule has 2 amide bonds. The standard InChI is InChI=1S/C17H14F2N4O2/c18-12-5-3-6-13(19)11(12)8-20-15(24)9-21-17(25)16-10-4-1-2-7-14(10)22-23-16/h1-7H,8-9H2,(H,20,24)(H,21,25)(H,22,23). The molecule has 0 atom stereocenters. The molecule has 0 aliphatic carbocycles. The lowest BCUT2D eigenvalue weighted by molar-refractivity contribution is -0.120. The van der Waals surface area contributed by atoms with Gasteiger partial charge in [-0.25, -0.2) is 8.78 Å².